The molecule has 5 aromatic rings. The Labute approximate surface area is 350 Å². The Balaban J connectivity index is 0.999. The minimum Gasteiger partial charge on any atom is -0.427 e. The van der Waals surface area contributed by atoms with E-state index in [4.69, 9.17) is 18.9 Å². The van der Waals surface area contributed by atoms with Crippen molar-refractivity contribution in [1.82, 2.24) is 0 Å². The van der Waals surface area contributed by atoms with E-state index in [0.717, 1.165) is 84.9 Å². The van der Waals surface area contributed by atoms with Gasteiger partial charge in [0, 0.05) is 23.3 Å². The topological polar surface area (TPSA) is 105 Å². The van der Waals surface area contributed by atoms with Crippen LogP contribution in [-0.2, 0) is 23.9 Å². The van der Waals surface area contributed by atoms with Crippen LogP contribution in [0.2, 0.25) is 0 Å². The van der Waals surface area contributed by atoms with E-state index in [0.29, 0.717) is 40.6 Å². The molecule has 8 nitrogen and oxygen atoms in total. The minimum absolute atomic E-state index is 0.0326. The lowest BCUT2D eigenvalue weighted by atomic mass is 9.89. The molecule has 2 saturated carbocycles. The summed E-state index contributed by atoms with van der Waals surface area (Å²) in [6.45, 7) is 0. The number of esters is 4. The molecule has 2 fully saturated rings. The van der Waals surface area contributed by atoms with Crippen LogP contribution in [0.4, 0.5) is 0 Å². The molecule has 1 unspecified atom stereocenters. The highest BCUT2D eigenvalue weighted by molar-refractivity contribution is 6.11. The molecule has 304 valence electrons. The molecule has 8 rings (SSSR count). The summed E-state index contributed by atoms with van der Waals surface area (Å²) >= 11 is 0. The van der Waals surface area contributed by atoms with Gasteiger partial charge in [0.1, 0.15) is 23.0 Å². The van der Waals surface area contributed by atoms with Gasteiger partial charge in [-0.05, 0) is 108 Å². The Kier molecular flexibility index (Phi) is 12.8. The number of fused-ring (bicyclic) bond motifs is 2. The van der Waals surface area contributed by atoms with Crippen LogP contribution in [-0.4, -0.2) is 23.9 Å². The molecule has 0 aliphatic heterocycles. The highest BCUT2D eigenvalue weighted by Crippen LogP contribution is 2.46. The summed E-state index contributed by atoms with van der Waals surface area (Å²) in [5, 5.41) is 3.46. The van der Waals surface area contributed by atoms with Crippen molar-refractivity contribution in [1.29, 1.82) is 0 Å². The fourth-order valence-electron chi connectivity index (χ4n) is 8.40. The molecule has 0 aromatic heterocycles. The van der Waals surface area contributed by atoms with Crippen LogP contribution < -0.4 is 14.2 Å². The largest absolute Gasteiger partial charge is 0.427 e. The van der Waals surface area contributed by atoms with Crippen molar-refractivity contribution in [2.24, 2.45) is 17.8 Å². The first-order valence-corrected chi connectivity index (χ1v) is 21.1. The Hall–Kier alpha value is -6.54. The maximum atomic E-state index is 13.5. The van der Waals surface area contributed by atoms with E-state index in [-0.39, 0.29) is 29.7 Å². The lowest BCUT2D eigenvalue weighted by Gasteiger charge is -2.21. The van der Waals surface area contributed by atoms with Gasteiger partial charge in [-0.3, -0.25) is 9.59 Å². The van der Waals surface area contributed by atoms with Crippen molar-refractivity contribution in [3.8, 4) is 28.4 Å². The van der Waals surface area contributed by atoms with Crippen molar-refractivity contribution >= 4 is 51.5 Å². The third-order valence-corrected chi connectivity index (χ3v) is 11.6. The lowest BCUT2D eigenvalue weighted by Crippen LogP contribution is -2.22. The van der Waals surface area contributed by atoms with E-state index in [1.54, 1.807) is 54.6 Å². The van der Waals surface area contributed by atoms with Crippen molar-refractivity contribution in [2.45, 2.75) is 70.6 Å². The number of allylic oxidation sites excluding steroid dienone is 4. The van der Waals surface area contributed by atoms with Gasteiger partial charge in [-0.1, -0.05) is 123 Å². The van der Waals surface area contributed by atoms with Crippen molar-refractivity contribution < 1.29 is 38.1 Å². The average Bonchev–Trinajstić information content (AvgIpc) is 3.29. The van der Waals surface area contributed by atoms with Gasteiger partial charge in [0.15, 0.2) is 0 Å². The van der Waals surface area contributed by atoms with Gasteiger partial charge in [-0.2, -0.15) is 0 Å². The van der Waals surface area contributed by atoms with E-state index in [1.165, 1.54) is 18.6 Å². The molecule has 8 heteroatoms. The zero-order chi connectivity index (χ0) is 41.3. The third-order valence-electron chi connectivity index (χ3n) is 11.6. The second-order valence-corrected chi connectivity index (χ2v) is 15.8. The normalized spacial score (nSPS) is 17.5. The van der Waals surface area contributed by atoms with Gasteiger partial charge in [-0.25, -0.2) is 9.59 Å². The van der Waals surface area contributed by atoms with E-state index < -0.39 is 11.9 Å². The van der Waals surface area contributed by atoms with Crippen molar-refractivity contribution in [3.63, 3.8) is 0 Å². The van der Waals surface area contributed by atoms with Gasteiger partial charge in [0.05, 0.1) is 11.8 Å². The molecule has 0 radical (unpaired) electrons. The monoisotopic (exact) mass is 800 g/mol. The number of benzene rings is 5. The summed E-state index contributed by atoms with van der Waals surface area (Å²) in [5.74, 6) is -0.0349. The summed E-state index contributed by atoms with van der Waals surface area (Å²) in [7, 11) is 0. The van der Waals surface area contributed by atoms with Gasteiger partial charge in [0.2, 0.25) is 0 Å². The van der Waals surface area contributed by atoms with Crippen LogP contribution in [0.3, 0.4) is 0 Å². The number of hydrogen-bond donors (Lipinski definition) is 0. The zero-order valence-corrected chi connectivity index (χ0v) is 33.6. The van der Waals surface area contributed by atoms with Crippen LogP contribution in [0, 0.1) is 17.8 Å². The Morgan fingerprint density at radius 2 is 1.07 bits per heavy atom. The van der Waals surface area contributed by atoms with Gasteiger partial charge >= 0.3 is 23.9 Å². The van der Waals surface area contributed by atoms with Crippen LogP contribution in [0.25, 0.3) is 38.7 Å². The highest BCUT2D eigenvalue weighted by atomic mass is 16.5. The molecular weight excluding hydrogens is 753 g/mol. The maximum absolute atomic E-state index is 13.5. The quantitative estimate of drug-likeness (QED) is 0.0739. The molecule has 3 aliphatic carbocycles. The van der Waals surface area contributed by atoms with Crippen LogP contribution in [0.1, 0.15) is 76.2 Å². The molecule has 0 heterocycles. The number of ether oxygens (including phenoxy) is 4. The summed E-state index contributed by atoms with van der Waals surface area (Å²) < 4.78 is 23.5. The molecule has 1 atom stereocenters. The molecule has 0 N–H and O–H groups in total. The summed E-state index contributed by atoms with van der Waals surface area (Å²) in [6, 6.07) is 29.9. The first kappa shape index (κ1) is 40.2. The molecule has 60 heavy (non-hydrogen) atoms. The standard InChI is InChI=1S/C52H48O8/c53-47(33-23-35-19-27-41(28-20-35)57-51(55)39-13-3-1-4-14-39)59-45-31-25-37-11-7-9-17-43(37)49(45)50-44-18-10-8-12-38(44)26-32-46(50)60-48(54)34-24-36-21-29-42(30-22-36)58-52(56)40-15-5-2-6-16-40/h7-12,17-21,23-34,36,39-40H,1-6,13-16,22H2/b33-23+,34-24+. The van der Waals surface area contributed by atoms with Gasteiger partial charge in [0.25, 0.3) is 0 Å². The third kappa shape index (κ3) is 9.83. The number of carbonyl (C=O) groups is 4. The summed E-state index contributed by atoms with van der Waals surface area (Å²) in [6.07, 6.45) is 22.4. The number of hydrogen-bond acceptors (Lipinski definition) is 8. The smallest absolute Gasteiger partial charge is 0.336 e. The number of rotatable bonds is 11. The Morgan fingerprint density at radius 3 is 1.62 bits per heavy atom. The van der Waals surface area contributed by atoms with Gasteiger partial charge < -0.3 is 18.9 Å². The predicted molar refractivity (Wildman–Crippen MR) is 233 cm³/mol. The van der Waals surface area contributed by atoms with E-state index in [9.17, 15) is 19.2 Å². The molecule has 3 aliphatic rings. The molecular formula is C52H48O8. The van der Waals surface area contributed by atoms with Crippen LogP contribution >= 0.6 is 0 Å². The SMILES string of the molecule is O=C(/C=C/c1ccc(OC(=O)C2CCCCC2)cc1)Oc1ccc2ccccc2c1-c1c(OC(=O)/C=C/C2C=CC(OC(=O)C3CCCCC3)=CC2)ccc2ccccc12. The van der Waals surface area contributed by atoms with Crippen molar-refractivity contribution in [3.05, 3.63) is 145 Å². The molecule has 0 bridgehead atoms. The van der Waals surface area contributed by atoms with E-state index in [1.807, 2.05) is 72.8 Å². The van der Waals surface area contributed by atoms with E-state index >= 15 is 0 Å². The van der Waals surface area contributed by atoms with Crippen LogP contribution in [0.15, 0.2) is 139 Å². The fourth-order valence-corrected chi connectivity index (χ4v) is 8.40. The van der Waals surface area contributed by atoms with Crippen molar-refractivity contribution in [2.75, 3.05) is 0 Å². The highest BCUT2D eigenvalue weighted by Gasteiger charge is 2.25. The zero-order valence-electron chi connectivity index (χ0n) is 33.6. The van der Waals surface area contributed by atoms with E-state index in [2.05, 4.69) is 0 Å². The second kappa shape index (κ2) is 19.0. The Bertz CT molecular complexity index is 2510. The molecule has 0 spiro atoms. The van der Waals surface area contributed by atoms with Crippen LogP contribution in [0.5, 0.6) is 17.2 Å². The molecule has 0 saturated heterocycles. The first-order chi connectivity index (χ1) is 29.4. The Morgan fingerprint density at radius 1 is 0.533 bits per heavy atom. The lowest BCUT2D eigenvalue weighted by molar-refractivity contribution is -0.145. The van der Waals surface area contributed by atoms with Gasteiger partial charge in [-0.15, -0.1) is 0 Å². The maximum Gasteiger partial charge on any atom is 0.336 e. The predicted octanol–water partition coefficient (Wildman–Crippen LogP) is 11.8. The summed E-state index contributed by atoms with van der Waals surface area (Å²) in [4.78, 5) is 52.3. The summed E-state index contributed by atoms with van der Waals surface area (Å²) in [5.41, 5.74) is 1.96. The molecule has 5 aromatic carbocycles. The second-order valence-electron chi connectivity index (χ2n) is 15.8. The molecule has 0 amide bonds. The average molecular weight is 801 g/mol. The minimum atomic E-state index is -0.595. The number of carbonyl (C=O) groups excluding carboxylic acids is 4. The first-order valence-electron chi connectivity index (χ1n) is 21.1. The fraction of sp³-hybridized carbons (Fsp3) is 0.269.